The van der Waals surface area contributed by atoms with Gasteiger partial charge in [-0.1, -0.05) is 24.3 Å². The number of carbonyl (C=O) groups excluding carboxylic acids is 1. The highest BCUT2D eigenvalue weighted by atomic mass is 16.5. The smallest absolute Gasteiger partial charge is 0.234 e. The Balaban J connectivity index is 1.66. The molecule has 0 spiro atoms. The van der Waals surface area contributed by atoms with Gasteiger partial charge in [-0.3, -0.25) is 9.69 Å². The van der Waals surface area contributed by atoms with Gasteiger partial charge in [-0.15, -0.1) is 0 Å². The normalized spacial score (nSPS) is 21.1. The molecule has 1 heterocycles. The van der Waals surface area contributed by atoms with Crippen LogP contribution < -0.4 is 5.32 Å². The molecule has 1 fully saturated rings. The van der Waals surface area contributed by atoms with E-state index in [0.717, 1.165) is 51.9 Å². The summed E-state index contributed by atoms with van der Waals surface area (Å²) >= 11 is 0. The number of amides is 1. The molecule has 2 N–H and O–H groups in total. The van der Waals surface area contributed by atoms with E-state index >= 15 is 0 Å². The molecule has 25 heavy (non-hydrogen) atoms. The second-order valence-corrected chi connectivity index (χ2v) is 7.11. The first-order valence-corrected chi connectivity index (χ1v) is 9.57. The van der Waals surface area contributed by atoms with Crippen LogP contribution in [0.1, 0.15) is 49.3 Å². The maximum atomic E-state index is 12.6. The van der Waals surface area contributed by atoms with Crippen molar-refractivity contribution in [2.75, 3.05) is 32.9 Å². The van der Waals surface area contributed by atoms with Gasteiger partial charge >= 0.3 is 0 Å². The Morgan fingerprint density at radius 3 is 2.84 bits per heavy atom. The lowest BCUT2D eigenvalue weighted by molar-refractivity contribution is -0.124. The standard InChI is InChI=1S/C20H30N2O3/c23-12-4-11-22(15-20(24)21-17-9-13-25-14-10-17)19-8-3-6-16-5-1-2-7-18(16)19/h1-2,5,7,17,19,23H,3-4,6,8-15H2,(H,21,24). The molecular weight excluding hydrogens is 316 g/mol. The zero-order valence-corrected chi connectivity index (χ0v) is 15.0. The number of hydrogen-bond donors (Lipinski definition) is 2. The van der Waals surface area contributed by atoms with E-state index < -0.39 is 0 Å². The van der Waals surface area contributed by atoms with Crippen LogP contribution in [0.5, 0.6) is 0 Å². The van der Waals surface area contributed by atoms with Gasteiger partial charge < -0.3 is 15.2 Å². The van der Waals surface area contributed by atoms with E-state index in [1.54, 1.807) is 0 Å². The minimum atomic E-state index is 0.0906. The van der Waals surface area contributed by atoms with Crippen molar-refractivity contribution in [3.05, 3.63) is 35.4 Å². The number of aryl methyl sites for hydroxylation is 1. The Bertz CT molecular complexity index is 558. The number of fused-ring (bicyclic) bond motifs is 1. The molecule has 0 aromatic heterocycles. The highest BCUT2D eigenvalue weighted by Gasteiger charge is 2.27. The Labute approximate surface area is 150 Å². The third-order valence-corrected chi connectivity index (χ3v) is 5.32. The van der Waals surface area contributed by atoms with E-state index in [4.69, 9.17) is 4.74 Å². The number of carbonyl (C=O) groups is 1. The molecule has 1 atom stereocenters. The number of nitrogens with one attached hydrogen (secondary N) is 1. The molecule has 5 nitrogen and oxygen atoms in total. The topological polar surface area (TPSA) is 61.8 Å². The van der Waals surface area contributed by atoms with Crippen LogP contribution in [0.4, 0.5) is 0 Å². The van der Waals surface area contributed by atoms with Crippen LogP contribution in [0.25, 0.3) is 0 Å². The Kier molecular flexibility index (Phi) is 6.84. The molecule has 1 aliphatic carbocycles. The summed E-state index contributed by atoms with van der Waals surface area (Å²) in [5.41, 5.74) is 2.75. The van der Waals surface area contributed by atoms with E-state index in [-0.39, 0.29) is 24.6 Å². The molecule has 2 aliphatic rings. The van der Waals surface area contributed by atoms with Crippen LogP contribution in [-0.2, 0) is 16.0 Å². The molecule has 0 radical (unpaired) electrons. The van der Waals surface area contributed by atoms with Crippen LogP contribution in [-0.4, -0.2) is 54.9 Å². The van der Waals surface area contributed by atoms with E-state index in [1.165, 1.54) is 11.1 Å². The summed E-state index contributed by atoms with van der Waals surface area (Å²) in [4.78, 5) is 14.8. The van der Waals surface area contributed by atoms with Crippen molar-refractivity contribution >= 4 is 5.91 Å². The molecule has 0 saturated carbocycles. The molecule has 0 bridgehead atoms. The lowest BCUT2D eigenvalue weighted by atomic mass is 9.86. The summed E-state index contributed by atoms with van der Waals surface area (Å²) in [6.07, 6.45) is 5.84. The van der Waals surface area contributed by atoms with Crippen molar-refractivity contribution in [1.82, 2.24) is 10.2 Å². The number of benzene rings is 1. The number of hydrogen-bond acceptors (Lipinski definition) is 4. The third-order valence-electron chi connectivity index (χ3n) is 5.32. The van der Waals surface area contributed by atoms with Crippen molar-refractivity contribution in [3.63, 3.8) is 0 Å². The molecule has 138 valence electrons. The van der Waals surface area contributed by atoms with E-state index in [1.807, 2.05) is 0 Å². The van der Waals surface area contributed by atoms with Gasteiger partial charge in [0.25, 0.3) is 0 Å². The summed E-state index contributed by atoms with van der Waals surface area (Å²) < 4.78 is 5.36. The predicted octanol–water partition coefficient (Wildman–Crippen LogP) is 2.04. The minimum absolute atomic E-state index is 0.0906. The van der Waals surface area contributed by atoms with E-state index in [0.29, 0.717) is 13.0 Å². The molecule has 5 heteroatoms. The average molecular weight is 346 g/mol. The van der Waals surface area contributed by atoms with Gasteiger partial charge in [0.2, 0.25) is 5.91 Å². The summed E-state index contributed by atoms with van der Waals surface area (Å²) in [6.45, 7) is 2.77. The van der Waals surface area contributed by atoms with Gasteiger partial charge in [-0.05, 0) is 49.7 Å². The molecule has 1 aromatic carbocycles. The highest BCUT2D eigenvalue weighted by molar-refractivity contribution is 5.78. The Morgan fingerprint density at radius 1 is 1.24 bits per heavy atom. The van der Waals surface area contributed by atoms with E-state index in [9.17, 15) is 9.90 Å². The molecule has 1 saturated heterocycles. The van der Waals surface area contributed by atoms with Crippen molar-refractivity contribution in [2.45, 2.75) is 50.6 Å². The molecule has 1 unspecified atom stereocenters. The summed E-state index contributed by atoms with van der Waals surface area (Å²) in [5.74, 6) is 0.0906. The first kappa shape index (κ1) is 18.4. The lowest BCUT2D eigenvalue weighted by Gasteiger charge is -2.36. The molecule has 1 aromatic rings. The first-order chi connectivity index (χ1) is 12.3. The van der Waals surface area contributed by atoms with Crippen LogP contribution in [0, 0.1) is 0 Å². The van der Waals surface area contributed by atoms with Crippen LogP contribution in [0.3, 0.4) is 0 Å². The third kappa shape index (κ3) is 5.03. The maximum Gasteiger partial charge on any atom is 0.234 e. The van der Waals surface area contributed by atoms with Gasteiger partial charge in [0.05, 0.1) is 6.54 Å². The number of ether oxygens (including phenoxy) is 1. The molecule has 1 amide bonds. The maximum absolute atomic E-state index is 12.6. The predicted molar refractivity (Wildman–Crippen MR) is 97.4 cm³/mol. The fourth-order valence-corrected chi connectivity index (χ4v) is 4.03. The first-order valence-electron chi connectivity index (χ1n) is 9.57. The lowest BCUT2D eigenvalue weighted by Crippen LogP contribution is -2.45. The molecule has 3 rings (SSSR count). The average Bonchev–Trinajstić information content (AvgIpc) is 2.65. The second kappa shape index (κ2) is 9.32. The molecule has 1 aliphatic heterocycles. The minimum Gasteiger partial charge on any atom is -0.396 e. The monoisotopic (exact) mass is 346 g/mol. The number of aliphatic hydroxyl groups excluding tert-OH is 1. The SMILES string of the molecule is O=C(CN(CCCO)C1CCCc2ccccc21)NC1CCOCC1. The number of rotatable bonds is 7. The quantitative estimate of drug-likeness (QED) is 0.793. The van der Waals surface area contributed by atoms with Crippen LogP contribution >= 0.6 is 0 Å². The highest BCUT2D eigenvalue weighted by Crippen LogP contribution is 2.34. The van der Waals surface area contributed by atoms with Crippen LogP contribution in [0.2, 0.25) is 0 Å². The van der Waals surface area contributed by atoms with Crippen molar-refractivity contribution in [1.29, 1.82) is 0 Å². The zero-order valence-electron chi connectivity index (χ0n) is 15.0. The van der Waals surface area contributed by atoms with Crippen molar-refractivity contribution in [2.24, 2.45) is 0 Å². The fraction of sp³-hybridized carbons (Fsp3) is 0.650. The zero-order chi connectivity index (χ0) is 17.5. The largest absolute Gasteiger partial charge is 0.396 e. The molecular formula is C20H30N2O3. The number of aliphatic hydroxyl groups is 1. The van der Waals surface area contributed by atoms with Gasteiger partial charge in [-0.25, -0.2) is 0 Å². The van der Waals surface area contributed by atoms with Crippen LogP contribution in [0.15, 0.2) is 24.3 Å². The Morgan fingerprint density at radius 2 is 2.04 bits per heavy atom. The van der Waals surface area contributed by atoms with Crippen molar-refractivity contribution in [3.8, 4) is 0 Å². The van der Waals surface area contributed by atoms with Crippen molar-refractivity contribution < 1.29 is 14.6 Å². The van der Waals surface area contributed by atoms with Gasteiger partial charge in [0.1, 0.15) is 0 Å². The fourth-order valence-electron chi connectivity index (χ4n) is 4.03. The van der Waals surface area contributed by atoms with E-state index in [2.05, 4.69) is 34.5 Å². The number of nitrogens with zero attached hydrogens (tertiary/aromatic N) is 1. The van der Waals surface area contributed by atoms with Gasteiger partial charge in [0, 0.05) is 38.4 Å². The summed E-state index contributed by atoms with van der Waals surface area (Å²) in [7, 11) is 0. The summed E-state index contributed by atoms with van der Waals surface area (Å²) in [5, 5.41) is 12.4. The Hall–Kier alpha value is -1.43. The van der Waals surface area contributed by atoms with Gasteiger partial charge in [0.15, 0.2) is 0 Å². The second-order valence-electron chi connectivity index (χ2n) is 7.11. The summed E-state index contributed by atoms with van der Waals surface area (Å²) in [6, 6.07) is 9.09. The van der Waals surface area contributed by atoms with Gasteiger partial charge in [-0.2, -0.15) is 0 Å².